The van der Waals surface area contributed by atoms with Crippen molar-refractivity contribution in [2.75, 3.05) is 12.4 Å². The number of halogens is 2. The van der Waals surface area contributed by atoms with E-state index in [2.05, 4.69) is 10.1 Å². The molecule has 0 unspecified atom stereocenters. The molecule has 0 aliphatic heterocycles. The molecule has 0 aromatic heterocycles. The molecule has 25 heavy (non-hydrogen) atoms. The second-order valence-electron chi connectivity index (χ2n) is 4.95. The van der Waals surface area contributed by atoms with Gasteiger partial charge in [-0.1, -0.05) is 6.07 Å². The van der Waals surface area contributed by atoms with Crippen molar-refractivity contribution >= 4 is 17.3 Å². The van der Waals surface area contributed by atoms with Gasteiger partial charge in [-0.25, -0.2) is 0 Å². The van der Waals surface area contributed by atoms with Crippen LogP contribution in [0.4, 0.5) is 20.2 Å². The molecule has 0 fully saturated rings. The SMILES string of the molecule is COc1cc(C(=O)Nc2cc([N+](=O)[O-])ccc2C)ccc1OC(F)F. The first-order valence-corrected chi connectivity index (χ1v) is 7.01. The summed E-state index contributed by atoms with van der Waals surface area (Å²) in [5.74, 6) is -0.824. The number of carbonyl (C=O) groups is 1. The van der Waals surface area contributed by atoms with Gasteiger partial charge < -0.3 is 14.8 Å². The van der Waals surface area contributed by atoms with Gasteiger partial charge in [0.15, 0.2) is 11.5 Å². The van der Waals surface area contributed by atoms with Crippen LogP contribution in [0.3, 0.4) is 0 Å². The molecule has 1 amide bonds. The third-order valence-electron chi connectivity index (χ3n) is 3.32. The molecule has 0 spiro atoms. The van der Waals surface area contributed by atoms with Crippen LogP contribution in [0.2, 0.25) is 0 Å². The van der Waals surface area contributed by atoms with E-state index in [1.54, 1.807) is 6.92 Å². The average Bonchev–Trinajstić information content (AvgIpc) is 2.56. The smallest absolute Gasteiger partial charge is 0.387 e. The standard InChI is InChI=1S/C16H14F2N2O5/c1-9-3-5-11(20(22)23)8-12(9)19-15(21)10-4-6-13(25-16(17)18)14(7-10)24-2/h3-8,16H,1-2H3,(H,19,21). The fourth-order valence-electron chi connectivity index (χ4n) is 2.05. The summed E-state index contributed by atoms with van der Waals surface area (Å²) in [5.41, 5.74) is 0.846. The lowest BCUT2D eigenvalue weighted by atomic mass is 10.1. The summed E-state index contributed by atoms with van der Waals surface area (Å²) < 4.78 is 33.9. The fraction of sp³-hybridized carbons (Fsp3) is 0.188. The third-order valence-corrected chi connectivity index (χ3v) is 3.32. The van der Waals surface area contributed by atoms with Gasteiger partial charge >= 0.3 is 6.61 Å². The molecule has 2 aromatic carbocycles. The van der Waals surface area contributed by atoms with E-state index in [4.69, 9.17) is 4.74 Å². The number of nitrogens with zero attached hydrogens (tertiary/aromatic N) is 1. The van der Waals surface area contributed by atoms with Crippen LogP contribution in [-0.2, 0) is 0 Å². The van der Waals surface area contributed by atoms with E-state index in [1.165, 1.54) is 43.5 Å². The van der Waals surface area contributed by atoms with Gasteiger partial charge in [0.05, 0.1) is 17.7 Å². The lowest BCUT2D eigenvalue weighted by molar-refractivity contribution is -0.384. The van der Waals surface area contributed by atoms with Crippen LogP contribution < -0.4 is 14.8 Å². The Labute approximate surface area is 141 Å². The number of hydrogen-bond acceptors (Lipinski definition) is 5. The number of amides is 1. The number of aryl methyl sites for hydroxylation is 1. The number of ether oxygens (including phenoxy) is 2. The normalized spacial score (nSPS) is 10.4. The number of benzene rings is 2. The number of nitro groups is 1. The maximum atomic E-state index is 12.3. The highest BCUT2D eigenvalue weighted by atomic mass is 19.3. The van der Waals surface area contributed by atoms with Crippen LogP contribution in [0.25, 0.3) is 0 Å². The Morgan fingerprint density at radius 2 is 1.92 bits per heavy atom. The summed E-state index contributed by atoms with van der Waals surface area (Å²) in [7, 11) is 1.25. The molecule has 7 nitrogen and oxygen atoms in total. The molecule has 9 heteroatoms. The molecule has 0 saturated carbocycles. The van der Waals surface area contributed by atoms with E-state index < -0.39 is 17.4 Å². The minimum absolute atomic E-state index is 0.0382. The van der Waals surface area contributed by atoms with Crippen molar-refractivity contribution in [3.05, 3.63) is 57.6 Å². The van der Waals surface area contributed by atoms with Gasteiger partial charge in [-0.2, -0.15) is 8.78 Å². The minimum Gasteiger partial charge on any atom is -0.493 e. The molecular weight excluding hydrogens is 338 g/mol. The van der Waals surface area contributed by atoms with Crippen molar-refractivity contribution in [3.8, 4) is 11.5 Å². The fourth-order valence-corrected chi connectivity index (χ4v) is 2.05. The predicted molar refractivity (Wildman–Crippen MR) is 85.4 cm³/mol. The van der Waals surface area contributed by atoms with Crippen molar-refractivity contribution in [1.29, 1.82) is 0 Å². The first-order chi connectivity index (χ1) is 11.8. The zero-order valence-corrected chi connectivity index (χ0v) is 13.3. The molecule has 0 aliphatic carbocycles. The number of carbonyl (C=O) groups excluding carboxylic acids is 1. The maximum absolute atomic E-state index is 12.3. The number of anilines is 1. The minimum atomic E-state index is -3.03. The molecule has 0 saturated heterocycles. The van der Waals surface area contributed by atoms with Crippen LogP contribution in [-0.4, -0.2) is 24.6 Å². The van der Waals surface area contributed by atoms with Crippen LogP contribution >= 0.6 is 0 Å². The summed E-state index contributed by atoms with van der Waals surface area (Å²) in [6, 6.07) is 7.76. The topological polar surface area (TPSA) is 90.7 Å². The molecule has 0 bridgehead atoms. The van der Waals surface area contributed by atoms with Gasteiger partial charge in [-0.15, -0.1) is 0 Å². The predicted octanol–water partition coefficient (Wildman–Crippen LogP) is 3.77. The highest BCUT2D eigenvalue weighted by Crippen LogP contribution is 2.30. The summed E-state index contributed by atoms with van der Waals surface area (Å²) >= 11 is 0. The number of methoxy groups -OCH3 is 1. The molecule has 0 radical (unpaired) electrons. The van der Waals surface area contributed by atoms with E-state index in [0.29, 0.717) is 5.56 Å². The van der Waals surface area contributed by atoms with Crippen LogP contribution in [0.15, 0.2) is 36.4 Å². The van der Waals surface area contributed by atoms with Crippen molar-refractivity contribution in [1.82, 2.24) is 0 Å². The summed E-state index contributed by atoms with van der Waals surface area (Å²) in [5, 5.41) is 13.4. The molecule has 0 aliphatic rings. The molecule has 2 aromatic rings. The number of nitro benzene ring substituents is 1. The van der Waals surface area contributed by atoms with Crippen LogP contribution in [0, 0.1) is 17.0 Å². The first-order valence-electron chi connectivity index (χ1n) is 7.01. The van der Waals surface area contributed by atoms with Gasteiger partial charge in [0.1, 0.15) is 0 Å². The number of non-ortho nitro benzene ring substituents is 1. The molecule has 0 atom stereocenters. The largest absolute Gasteiger partial charge is 0.493 e. The van der Waals surface area contributed by atoms with E-state index in [9.17, 15) is 23.7 Å². The summed E-state index contributed by atoms with van der Waals surface area (Å²) in [4.78, 5) is 22.6. The van der Waals surface area contributed by atoms with Gasteiger partial charge in [0.2, 0.25) is 0 Å². The molecule has 1 N–H and O–H groups in total. The van der Waals surface area contributed by atoms with E-state index in [-0.39, 0.29) is 28.4 Å². The molecule has 2 rings (SSSR count). The second-order valence-corrected chi connectivity index (χ2v) is 4.95. The highest BCUT2D eigenvalue weighted by Gasteiger charge is 2.16. The van der Waals surface area contributed by atoms with E-state index in [1.807, 2.05) is 0 Å². The van der Waals surface area contributed by atoms with Crippen molar-refractivity contribution in [2.45, 2.75) is 13.5 Å². The van der Waals surface area contributed by atoms with Crippen molar-refractivity contribution < 1.29 is 28.0 Å². The lowest BCUT2D eigenvalue weighted by Crippen LogP contribution is -2.13. The zero-order valence-electron chi connectivity index (χ0n) is 13.3. The average molecular weight is 352 g/mol. The van der Waals surface area contributed by atoms with E-state index in [0.717, 1.165) is 0 Å². The van der Waals surface area contributed by atoms with Gasteiger partial charge in [0.25, 0.3) is 11.6 Å². The zero-order chi connectivity index (χ0) is 18.6. The highest BCUT2D eigenvalue weighted by molar-refractivity contribution is 6.05. The van der Waals surface area contributed by atoms with Gasteiger partial charge in [-0.3, -0.25) is 14.9 Å². The Morgan fingerprint density at radius 3 is 2.52 bits per heavy atom. The lowest BCUT2D eigenvalue weighted by Gasteiger charge is -2.12. The Morgan fingerprint density at radius 1 is 1.20 bits per heavy atom. The van der Waals surface area contributed by atoms with Gasteiger partial charge in [-0.05, 0) is 30.7 Å². The Hall–Kier alpha value is -3.23. The summed E-state index contributed by atoms with van der Waals surface area (Å²) in [6.07, 6.45) is 0. The number of rotatable bonds is 6. The van der Waals surface area contributed by atoms with Crippen molar-refractivity contribution in [2.24, 2.45) is 0 Å². The van der Waals surface area contributed by atoms with Crippen LogP contribution in [0.5, 0.6) is 11.5 Å². The second kappa shape index (κ2) is 7.56. The van der Waals surface area contributed by atoms with E-state index >= 15 is 0 Å². The van der Waals surface area contributed by atoms with Crippen molar-refractivity contribution in [3.63, 3.8) is 0 Å². The summed E-state index contributed by atoms with van der Waals surface area (Å²) in [6.45, 7) is -1.35. The van der Waals surface area contributed by atoms with Crippen LogP contribution in [0.1, 0.15) is 15.9 Å². The molecule has 132 valence electrons. The third kappa shape index (κ3) is 4.40. The molecular formula is C16H14F2N2O5. The van der Waals surface area contributed by atoms with Gasteiger partial charge in [0, 0.05) is 17.7 Å². The number of nitrogens with one attached hydrogen (secondary N) is 1. The quantitative estimate of drug-likeness (QED) is 0.631. The Bertz CT molecular complexity index is 811. The maximum Gasteiger partial charge on any atom is 0.387 e. The Balaban J connectivity index is 2.26. The molecule has 0 heterocycles. The first kappa shape index (κ1) is 18.1. The Kier molecular flexibility index (Phi) is 5.48. The monoisotopic (exact) mass is 352 g/mol. The number of hydrogen-bond donors (Lipinski definition) is 1. The number of alkyl halides is 2.